The Labute approximate surface area is 212 Å². The van der Waals surface area contributed by atoms with Gasteiger partial charge in [-0.3, -0.25) is 4.79 Å². The van der Waals surface area contributed by atoms with Gasteiger partial charge >= 0.3 is 6.09 Å². The summed E-state index contributed by atoms with van der Waals surface area (Å²) in [4.78, 5) is 29.9. The maximum atomic E-state index is 12.8. The molecule has 1 N–H and O–H groups in total. The van der Waals surface area contributed by atoms with Crippen molar-refractivity contribution in [3.05, 3.63) is 54.1 Å². The van der Waals surface area contributed by atoms with Crippen LogP contribution in [0.1, 0.15) is 37.7 Å². The molecule has 36 heavy (non-hydrogen) atoms. The van der Waals surface area contributed by atoms with Crippen LogP contribution in [-0.2, 0) is 4.79 Å². The normalized spacial score (nSPS) is 18.5. The van der Waals surface area contributed by atoms with Gasteiger partial charge in [0.05, 0.1) is 18.2 Å². The summed E-state index contributed by atoms with van der Waals surface area (Å²) < 4.78 is 5.93. The molecule has 0 unspecified atom stereocenters. The lowest BCUT2D eigenvalue weighted by atomic mass is 10.0. The number of benzene rings is 2. The van der Waals surface area contributed by atoms with Crippen molar-refractivity contribution in [3.63, 3.8) is 0 Å². The van der Waals surface area contributed by atoms with Crippen LogP contribution in [0.4, 0.5) is 4.79 Å². The third-order valence-electron chi connectivity index (χ3n) is 7.06. The summed E-state index contributed by atoms with van der Waals surface area (Å²) in [6.07, 6.45) is 2.82. The zero-order valence-corrected chi connectivity index (χ0v) is 20.6. The van der Waals surface area contributed by atoms with E-state index in [1.807, 2.05) is 53.4 Å². The smallest absolute Gasteiger partial charge is 0.407 e. The van der Waals surface area contributed by atoms with Crippen molar-refractivity contribution in [3.8, 4) is 22.9 Å². The maximum Gasteiger partial charge on any atom is 0.407 e. The van der Waals surface area contributed by atoms with E-state index in [-0.39, 0.29) is 11.9 Å². The van der Waals surface area contributed by atoms with Gasteiger partial charge in [-0.15, -0.1) is 0 Å². The highest BCUT2D eigenvalue weighted by molar-refractivity contribution is 5.78. The predicted molar refractivity (Wildman–Crippen MR) is 137 cm³/mol. The molecule has 0 saturated carbocycles. The second kappa shape index (κ2) is 12.4. The van der Waals surface area contributed by atoms with Crippen molar-refractivity contribution in [2.45, 2.75) is 38.1 Å². The molecular formula is C28H34N4O4. The third kappa shape index (κ3) is 6.76. The molecule has 0 radical (unpaired) electrons. The summed E-state index contributed by atoms with van der Waals surface area (Å²) in [6, 6.07) is 17.5. The Hall–Kier alpha value is -3.57. The van der Waals surface area contributed by atoms with Gasteiger partial charge in [0.2, 0.25) is 5.91 Å². The molecule has 2 saturated heterocycles. The number of nitrogens with zero attached hydrogens (tertiary/aromatic N) is 4. The van der Waals surface area contributed by atoms with E-state index in [0.29, 0.717) is 31.7 Å². The number of rotatable bonds is 8. The number of carboxylic acid groups (broad SMARTS) is 1. The molecule has 190 valence electrons. The molecule has 2 amide bonds. The van der Waals surface area contributed by atoms with E-state index in [0.717, 1.165) is 68.7 Å². The Morgan fingerprint density at radius 1 is 0.944 bits per heavy atom. The second-order valence-electron chi connectivity index (χ2n) is 9.47. The molecule has 0 aromatic heterocycles. The molecule has 2 aliphatic heterocycles. The van der Waals surface area contributed by atoms with E-state index in [1.165, 1.54) is 4.90 Å². The van der Waals surface area contributed by atoms with E-state index in [1.54, 1.807) is 0 Å². The lowest BCUT2D eigenvalue weighted by Crippen LogP contribution is -2.41. The molecule has 1 atom stereocenters. The first kappa shape index (κ1) is 25.5. The minimum absolute atomic E-state index is 0.0720. The van der Waals surface area contributed by atoms with E-state index < -0.39 is 6.09 Å². The molecule has 0 aliphatic carbocycles. The van der Waals surface area contributed by atoms with Gasteiger partial charge in [-0.05, 0) is 67.6 Å². The van der Waals surface area contributed by atoms with Crippen LogP contribution >= 0.6 is 0 Å². The van der Waals surface area contributed by atoms with Crippen LogP contribution in [0.15, 0.2) is 48.5 Å². The molecule has 4 rings (SSSR count). The topological polar surface area (TPSA) is 97.1 Å². The van der Waals surface area contributed by atoms with Gasteiger partial charge in [0.25, 0.3) is 0 Å². The predicted octanol–water partition coefficient (Wildman–Crippen LogP) is 4.06. The molecule has 8 heteroatoms. The zero-order valence-electron chi connectivity index (χ0n) is 20.6. The first-order chi connectivity index (χ1) is 17.5. The van der Waals surface area contributed by atoms with Crippen molar-refractivity contribution < 1.29 is 19.4 Å². The third-order valence-corrected chi connectivity index (χ3v) is 7.06. The average molecular weight is 491 g/mol. The molecule has 2 heterocycles. The van der Waals surface area contributed by atoms with Crippen molar-refractivity contribution >= 4 is 12.0 Å². The van der Waals surface area contributed by atoms with Gasteiger partial charge in [0.15, 0.2) is 0 Å². The number of carbonyl (C=O) groups excluding carboxylic acids is 1. The Morgan fingerprint density at radius 3 is 2.36 bits per heavy atom. The minimum Gasteiger partial charge on any atom is -0.494 e. The van der Waals surface area contributed by atoms with E-state index >= 15 is 0 Å². The Morgan fingerprint density at radius 2 is 1.67 bits per heavy atom. The van der Waals surface area contributed by atoms with Crippen LogP contribution in [-0.4, -0.2) is 83.7 Å². The number of carbonyl (C=O) groups is 2. The van der Waals surface area contributed by atoms with Crippen LogP contribution in [0.3, 0.4) is 0 Å². The number of hydrogen-bond acceptors (Lipinski definition) is 5. The lowest BCUT2D eigenvalue weighted by Gasteiger charge is -2.26. The van der Waals surface area contributed by atoms with E-state index in [9.17, 15) is 14.7 Å². The first-order valence-corrected chi connectivity index (χ1v) is 12.8. The first-order valence-electron chi connectivity index (χ1n) is 12.8. The van der Waals surface area contributed by atoms with Gasteiger partial charge in [-0.1, -0.05) is 24.3 Å². The van der Waals surface area contributed by atoms with E-state index in [2.05, 4.69) is 11.0 Å². The molecule has 0 spiro atoms. The van der Waals surface area contributed by atoms with E-state index in [4.69, 9.17) is 10.00 Å². The number of nitriles is 1. The lowest BCUT2D eigenvalue weighted by molar-refractivity contribution is -0.132. The Kier molecular flexibility index (Phi) is 8.80. The van der Waals surface area contributed by atoms with Crippen molar-refractivity contribution in [2.75, 3.05) is 45.9 Å². The molecule has 8 nitrogen and oxygen atoms in total. The van der Waals surface area contributed by atoms with Gasteiger partial charge in [-0.2, -0.15) is 5.26 Å². The Bertz CT molecular complexity index is 1060. The molecule has 0 bridgehead atoms. The number of likely N-dealkylation sites (tertiary alicyclic amines) is 1. The van der Waals surface area contributed by atoms with Crippen molar-refractivity contribution in [2.24, 2.45) is 0 Å². The minimum atomic E-state index is -0.920. The van der Waals surface area contributed by atoms with Crippen LogP contribution in [0.25, 0.3) is 11.1 Å². The molecular weight excluding hydrogens is 456 g/mol. The van der Waals surface area contributed by atoms with Gasteiger partial charge < -0.3 is 24.5 Å². The number of hydrogen-bond donors (Lipinski definition) is 1. The maximum absolute atomic E-state index is 12.8. The monoisotopic (exact) mass is 490 g/mol. The summed E-state index contributed by atoms with van der Waals surface area (Å²) in [5, 5.41) is 18.2. The average Bonchev–Trinajstić information content (AvgIpc) is 3.23. The molecule has 2 fully saturated rings. The summed E-state index contributed by atoms with van der Waals surface area (Å²) in [5.41, 5.74) is 2.80. The SMILES string of the molecule is N#Cc1ccc(-c2ccc(OCCCN3CCCN(C(=O)C[C@@H]4CCCN4C(=O)O)CC3)cc2)cc1. The highest BCUT2D eigenvalue weighted by Gasteiger charge is 2.31. The van der Waals surface area contributed by atoms with Crippen LogP contribution in [0, 0.1) is 11.3 Å². The fraction of sp³-hybridized carbons (Fsp3) is 0.464. The van der Waals surface area contributed by atoms with Gasteiger partial charge in [0, 0.05) is 45.2 Å². The summed E-state index contributed by atoms with van der Waals surface area (Å²) in [5.74, 6) is 0.908. The molecule has 2 aromatic rings. The highest BCUT2D eigenvalue weighted by atomic mass is 16.5. The summed E-state index contributed by atoms with van der Waals surface area (Å²) in [7, 11) is 0. The van der Waals surface area contributed by atoms with Crippen LogP contribution < -0.4 is 4.74 Å². The quantitative estimate of drug-likeness (QED) is 0.561. The fourth-order valence-corrected chi connectivity index (χ4v) is 5.03. The molecule has 2 aromatic carbocycles. The second-order valence-corrected chi connectivity index (χ2v) is 9.47. The molecule has 2 aliphatic rings. The summed E-state index contributed by atoms with van der Waals surface area (Å²) in [6.45, 7) is 5.28. The van der Waals surface area contributed by atoms with Crippen molar-refractivity contribution in [1.82, 2.24) is 14.7 Å². The number of amides is 2. The highest BCUT2D eigenvalue weighted by Crippen LogP contribution is 2.23. The standard InChI is InChI=1S/C28H34N4O4/c29-21-22-5-7-23(8-6-22)24-9-11-26(12-10-24)36-19-3-14-30-13-2-15-31(18-17-30)27(33)20-25-4-1-16-32(25)28(34)35/h5-12,25H,1-4,13-20H2,(H,34,35)/t25-/m0/s1. The van der Waals surface area contributed by atoms with Crippen molar-refractivity contribution in [1.29, 1.82) is 5.26 Å². The largest absolute Gasteiger partial charge is 0.494 e. The fourth-order valence-electron chi connectivity index (χ4n) is 5.03. The Balaban J connectivity index is 1.16. The van der Waals surface area contributed by atoms with Gasteiger partial charge in [-0.25, -0.2) is 4.79 Å². The van der Waals surface area contributed by atoms with Gasteiger partial charge in [0.1, 0.15) is 5.75 Å². The summed E-state index contributed by atoms with van der Waals surface area (Å²) >= 11 is 0. The van der Waals surface area contributed by atoms with Crippen LogP contribution in [0.2, 0.25) is 0 Å². The zero-order chi connectivity index (χ0) is 25.3. The number of ether oxygens (including phenoxy) is 1. The van der Waals surface area contributed by atoms with Crippen LogP contribution in [0.5, 0.6) is 5.75 Å².